The van der Waals surface area contributed by atoms with Gasteiger partial charge >= 0.3 is 0 Å². The highest BCUT2D eigenvalue weighted by molar-refractivity contribution is 5.68. The lowest BCUT2D eigenvalue weighted by Gasteiger charge is -2.06. The lowest BCUT2D eigenvalue weighted by atomic mass is 10.00. The molecule has 3 heterocycles. The molecule has 0 bridgehead atoms. The molecule has 0 spiro atoms. The van der Waals surface area contributed by atoms with Crippen molar-refractivity contribution in [1.29, 1.82) is 0 Å². The van der Waals surface area contributed by atoms with Gasteiger partial charge in [0.1, 0.15) is 5.52 Å². The summed E-state index contributed by atoms with van der Waals surface area (Å²) in [5, 5.41) is 13.9. The maximum atomic E-state index is 4.26. The minimum Gasteiger partial charge on any atom is -0.316 e. The van der Waals surface area contributed by atoms with Crippen LogP contribution >= 0.6 is 0 Å². The third-order valence-corrected chi connectivity index (χ3v) is 2.92. The number of nitrogens with zero attached hydrogens (tertiary/aromatic N) is 3. The summed E-state index contributed by atoms with van der Waals surface area (Å²) in [5.74, 6) is 0.746. The number of H-pyrrole nitrogens is 1. The lowest BCUT2D eigenvalue weighted by molar-refractivity contribution is 0.579. The van der Waals surface area contributed by atoms with Crippen molar-refractivity contribution < 1.29 is 0 Å². The molecule has 2 aromatic heterocycles. The van der Waals surface area contributed by atoms with E-state index < -0.39 is 0 Å². The molecular weight excluding hydrogens is 190 g/mol. The number of aromatic nitrogens is 4. The number of fused-ring (bicyclic) bond motifs is 1. The Morgan fingerprint density at radius 1 is 1.40 bits per heavy atom. The van der Waals surface area contributed by atoms with E-state index in [0.29, 0.717) is 5.65 Å². The van der Waals surface area contributed by atoms with Gasteiger partial charge in [0.05, 0.1) is 0 Å². The van der Waals surface area contributed by atoms with Crippen molar-refractivity contribution in [3.05, 3.63) is 17.8 Å². The lowest BCUT2D eigenvalue weighted by Crippen LogP contribution is -2.10. The van der Waals surface area contributed by atoms with Crippen molar-refractivity contribution in [3.63, 3.8) is 0 Å². The molecule has 3 rings (SSSR count). The van der Waals surface area contributed by atoms with E-state index in [0.717, 1.165) is 30.9 Å². The van der Waals surface area contributed by atoms with Crippen LogP contribution in [0.1, 0.15) is 12.0 Å². The highest BCUT2D eigenvalue weighted by Crippen LogP contribution is 2.16. The molecule has 1 aliphatic heterocycles. The van der Waals surface area contributed by atoms with Crippen LogP contribution in [0.5, 0.6) is 0 Å². The third kappa shape index (κ3) is 1.70. The van der Waals surface area contributed by atoms with E-state index in [1.54, 1.807) is 0 Å². The monoisotopic (exact) mass is 203 g/mol. The SMILES string of the molecule is c1nc2n[nH]nc2cc1CC1CCNC1. The highest BCUT2D eigenvalue weighted by Gasteiger charge is 2.15. The average Bonchev–Trinajstić information content (AvgIpc) is 2.87. The fourth-order valence-corrected chi connectivity index (χ4v) is 2.12. The van der Waals surface area contributed by atoms with E-state index in [1.807, 2.05) is 6.20 Å². The molecular formula is C10H13N5. The maximum absolute atomic E-state index is 4.26. The average molecular weight is 203 g/mol. The fraction of sp³-hybridized carbons (Fsp3) is 0.500. The first-order chi connectivity index (χ1) is 7.42. The zero-order valence-electron chi connectivity index (χ0n) is 8.40. The van der Waals surface area contributed by atoms with Gasteiger partial charge in [-0.3, -0.25) is 0 Å². The number of rotatable bonds is 2. The van der Waals surface area contributed by atoms with Crippen LogP contribution in [0.4, 0.5) is 0 Å². The van der Waals surface area contributed by atoms with Crippen LogP contribution in [0.25, 0.3) is 11.2 Å². The van der Waals surface area contributed by atoms with Crippen LogP contribution in [0.3, 0.4) is 0 Å². The summed E-state index contributed by atoms with van der Waals surface area (Å²) in [7, 11) is 0. The molecule has 1 atom stereocenters. The van der Waals surface area contributed by atoms with Gasteiger partial charge in [0, 0.05) is 6.20 Å². The van der Waals surface area contributed by atoms with Crippen molar-refractivity contribution in [1.82, 2.24) is 25.7 Å². The second kappa shape index (κ2) is 3.58. The van der Waals surface area contributed by atoms with E-state index in [-0.39, 0.29) is 0 Å². The second-order valence-corrected chi connectivity index (χ2v) is 4.07. The standard InChI is InChI=1S/C10H13N5/c1-2-11-5-7(1)3-8-4-9-10(12-6-8)14-15-13-9/h4,6-7,11H,1-3,5H2,(H,12,13,14,15). The molecule has 0 radical (unpaired) electrons. The number of aromatic amines is 1. The number of hydrogen-bond donors (Lipinski definition) is 2. The van der Waals surface area contributed by atoms with Gasteiger partial charge in [0.15, 0.2) is 0 Å². The van der Waals surface area contributed by atoms with E-state index >= 15 is 0 Å². The number of pyridine rings is 1. The second-order valence-electron chi connectivity index (χ2n) is 4.07. The number of nitrogens with one attached hydrogen (secondary N) is 2. The summed E-state index contributed by atoms with van der Waals surface area (Å²) in [6.45, 7) is 2.27. The molecule has 0 saturated carbocycles. The minimum atomic E-state index is 0.697. The Labute approximate surface area is 87.3 Å². The molecule has 2 N–H and O–H groups in total. The first-order valence-electron chi connectivity index (χ1n) is 5.28. The van der Waals surface area contributed by atoms with Gasteiger partial charge < -0.3 is 5.32 Å². The Balaban J connectivity index is 1.84. The summed E-state index contributed by atoms with van der Waals surface area (Å²) in [4.78, 5) is 4.26. The van der Waals surface area contributed by atoms with Crippen LogP contribution in [0, 0.1) is 5.92 Å². The summed E-state index contributed by atoms with van der Waals surface area (Å²) in [6, 6.07) is 2.07. The third-order valence-electron chi connectivity index (χ3n) is 2.92. The van der Waals surface area contributed by atoms with Gasteiger partial charge in [0.2, 0.25) is 5.65 Å². The van der Waals surface area contributed by atoms with Gasteiger partial charge in [-0.25, -0.2) is 4.98 Å². The van der Waals surface area contributed by atoms with Gasteiger partial charge in [-0.1, -0.05) is 0 Å². The summed E-state index contributed by atoms with van der Waals surface area (Å²) >= 11 is 0. The Hall–Kier alpha value is -1.49. The molecule has 5 heteroatoms. The van der Waals surface area contributed by atoms with E-state index in [1.165, 1.54) is 12.0 Å². The summed E-state index contributed by atoms with van der Waals surface area (Å²) < 4.78 is 0. The van der Waals surface area contributed by atoms with Crippen molar-refractivity contribution in [3.8, 4) is 0 Å². The molecule has 15 heavy (non-hydrogen) atoms. The van der Waals surface area contributed by atoms with E-state index in [9.17, 15) is 0 Å². The zero-order chi connectivity index (χ0) is 10.1. The molecule has 2 aromatic rings. The molecule has 0 amide bonds. The molecule has 1 saturated heterocycles. The molecule has 0 aromatic carbocycles. The van der Waals surface area contributed by atoms with Gasteiger partial charge in [-0.15, -0.1) is 5.10 Å². The van der Waals surface area contributed by atoms with Crippen LogP contribution in [0.2, 0.25) is 0 Å². The first-order valence-corrected chi connectivity index (χ1v) is 5.28. The fourth-order valence-electron chi connectivity index (χ4n) is 2.12. The van der Waals surface area contributed by atoms with Crippen LogP contribution < -0.4 is 5.32 Å². The Morgan fingerprint density at radius 2 is 2.40 bits per heavy atom. The minimum absolute atomic E-state index is 0.697. The Bertz CT molecular complexity index is 458. The van der Waals surface area contributed by atoms with Crippen molar-refractivity contribution in [2.24, 2.45) is 5.92 Å². The molecule has 1 fully saturated rings. The summed E-state index contributed by atoms with van der Waals surface area (Å²) in [5.41, 5.74) is 2.81. The molecule has 0 aliphatic carbocycles. The topological polar surface area (TPSA) is 66.5 Å². The Kier molecular flexibility index (Phi) is 2.10. The first kappa shape index (κ1) is 8.79. The Morgan fingerprint density at radius 3 is 3.27 bits per heavy atom. The molecule has 1 aliphatic rings. The van der Waals surface area contributed by atoms with Gasteiger partial charge in [-0.2, -0.15) is 10.3 Å². The van der Waals surface area contributed by atoms with E-state index in [2.05, 4.69) is 31.8 Å². The van der Waals surface area contributed by atoms with Crippen molar-refractivity contribution in [2.75, 3.05) is 13.1 Å². The van der Waals surface area contributed by atoms with Crippen LogP contribution in [-0.4, -0.2) is 33.5 Å². The highest BCUT2D eigenvalue weighted by atomic mass is 15.3. The molecule has 1 unspecified atom stereocenters. The van der Waals surface area contributed by atoms with Crippen LogP contribution in [0.15, 0.2) is 12.3 Å². The largest absolute Gasteiger partial charge is 0.316 e. The van der Waals surface area contributed by atoms with Crippen LogP contribution in [-0.2, 0) is 6.42 Å². The summed E-state index contributed by atoms with van der Waals surface area (Å²) in [6.07, 6.45) is 4.25. The maximum Gasteiger partial charge on any atom is 0.201 e. The van der Waals surface area contributed by atoms with Gasteiger partial charge in [-0.05, 0) is 43.5 Å². The predicted molar refractivity (Wildman–Crippen MR) is 56.4 cm³/mol. The molecule has 5 nitrogen and oxygen atoms in total. The smallest absolute Gasteiger partial charge is 0.201 e. The normalized spacial score (nSPS) is 21.2. The predicted octanol–water partition coefficient (Wildman–Crippen LogP) is 0.505. The van der Waals surface area contributed by atoms with Crippen molar-refractivity contribution >= 4 is 11.2 Å². The number of hydrogen-bond acceptors (Lipinski definition) is 4. The quantitative estimate of drug-likeness (QED) is 0.746. The van der Waals surface area contributed by atoms with Gasteiger partial charge in [0.25, 0.3) is 0 Å². The molecule has 78 valence electrons. The van der Waals surface area contributed by atoms with E-state index in [4.69, 9.17) is 0 Å². The van der Waals surface area contributed by atoms with Crippen molar-refractivity contribution in [2.45, 2.75) is 12.8 Å². The zero-order valence-corrected chi connectivity index (χ0v) is 8.40.